The maximum atomic E-state index is 13.3. The standard InChI is InChI=1S/C15H21FN2O2.ClH/c1-17-12-6-9-18(10-7-12)15(19)8-11-20-14-5-3-2-4-13(14)16;/h2-5,12,17H,6-11H2,1H3;1H. The predicted molar refractivity (Wildman–Crippen MR) is 82.4 cm³/mol. The van der Waals surface area contributed by atoms with Gasteiger partial charge in [-0.3, -0.25) is 4.79 Å². The molecular formula is C15H22ClFN2O2. The molecular weight excluding hydrogens is 295 g/mol. The number of para-hydroxylation sites is 1. The van der Waals surface area contributed by atoms with Gasteiger partial charge in [0.05, 0.1) is 13.0 Å². The average molecular weight is 317 g/mol. The fraction of sp³-hybridized carbons (Fsp3) is 0.533. The van der Waals surface area contributed by atoms with Crippen molar-refractivity contribution in [3.05, 3.63) is 30.1 Å². The van der Waals surface area contributed by atoms with Crippen LogP contribution in [-0.2, 0) is 4.79 Å². The third-order valence-corrected chi connectivity index (χ3v) is 3.67. The molecule has 1 N–H and O–H groups in total. The van der Waals surface area contributed by atoms with Gasteiger partial charge in [0.25, 0.3) is 0 Å². The van der Waals surface area contributed by atoms with Crippen LogP contribution in [0.2, 0.25) is 0 Å². The number of halogens is 2. The second-order valence-electron chi connectivity index (χ2n) is 4.97. The maximum Gasteiger partial charge on any atom is 0.225 e. The van der Waals surface area contributed by atoms with E-state index < -0.39 is 5.82 Å². The Morgan fingerprint density at radius 2 is 2.05 bits per heavy atom. The zero-order valence-electron chi connectivity index (χ0n) is 12.2. The van der Waals surface area contributed by atoms with E-state index in [0.29, 0.717) is 12.5 Å². The van der Waals surface area contributed by atoms with Gasteiger partial charge in [-0.2, -0.15) is 0 Å². The molecule has 1 saturated heterocycles. The smallest absolute Gasteiger partial charge is 0.225 e. The van der Waals surface area contributed by atoms with Gasteiger partial charge in [-0.1, -0.05) is 12.1 Å². The van der Waals surface area contributed by atoms with Gasteiger partial charge >= 0.3 is 0 Å². The van der Waals surface area contributed by atoms with Crippen molar-refractivity contribution in [3.8, 4) is 5.75 Å². The van der Waals surface area contributed by atoms with Crippen molar-refractivity contribution in [2.45, 2.75) is 25.3 Å². The lowest BCUT2D eigenvalue weighted by molar-refractivity contribution is -0.132. The van der Waals surface area contributed by atoms with Crippen LogP contribution in [0.15, 0.2) is 24.3 Å². The average Bonchev–Trinajstić information content (AvgIpc) is 2.49. The first-order valence-corrected chi connectivity index (χ1v) is 7.03. The third kappa shape index (κ3) is 5.17. The summed E-state index contributed by atoms with van der Waals surface area (Å²) in [6.07, 6.45) is 2.26. The van der Waals surface area contributed by atoms with Crippen molar-refractivity contribution >= 4 is 18.3 Å². The molecule has 1 fully saturated rings. The summed E-state index contributed by atoms with van der Waals surface area (Å²) in [5.74, 6) is -0.111. The minimum Gasteiger partial charge on any atom is -0.490 e. The van der Waals surface area contributed by atoms with Crippen LogP contribution < -0.4 is 10.1 Å². The Kier molecular flexibility index (Phi) is 7.47. The molecule has 0 bridgehead atoms. The number of likely N-dealkylation sites (tertiary alicyclic amines) is 1. The van der Waals surface area contributed by atoms with E-state index in [1.165, 1.54) is 6.07 Å². The quantitative estimate of drug-likeness (QED) is 0.905. The van der Waals surface area contributed by atoms with Crippen molar-refractivity contribution in [1.29, 1.82) is 0 Å². The van der Waals surface area contributed by atoms with Crippen molar-refractivity contribution < 1.29 is 13.9 Å². The van der Waals surface area contributed by atoms with Crippen LogP contribution in [0.3, 0.4) is 0 Å². The molecule has 1 heterocycles. The normalized spacial score (nSPS) is 15.4. The highest BCUT2D eigenvalue weighted by Gasteiger charge is 2.21. The molecule has 118 valence electrons. The number of amides is 1. The Hall–Kier alpha value is -1.33. The van der Waals surface area contributed by atoms with Gasteiger partial charge in [-0.25, -0.2) is 4.39 Å². The Morgan fingerprint density at radius 3 is 2.67 bits per heavy atom. The summed E-state index contributed by atoms with van der Waals surface area (Å²) >= 11 is 0. The number of benzene rings is 1. The molecule has 0 radical (unpaired) electrons. The fourth-order valence-corrected chi connectivity index (χ4v) is 2.39. The first-order chi connectivity index (χ1) is 9.70. The molecule has 0 saturated carbocycles. The van der Waals surface area contributed by atoms with Gasteiger partial charge in [-0.05, 0) is 32.0 Å². The molecule has 0 aromatic heterocycles. The molecule has 4 nitrogen and oxygen atoms in total. The first-order valence-electron chi connectivity index (χ1n) is 7.03. The topological polar surface area (TPSA) is 41.6 Å². The number of carbonyl (C=O) groups is 1. The molecule has 0 aliphatic carbocycles. The van der Waals surface area contributed by atoms with Crippen molar-refractivity contribution in [2.75, 3.05) is 26.7 Å². The first kappa shape index (κ1) is 17.7. The summed E-state index contributed by atoms with van der Waals surface area (Å²) in [7, 11) is 1.95. The van der Waals surface area contributed by atoms with E-state index in [2.05, 4.69) is 5.32 Å². The Balaban J connectivity index is 0.00000220. The summed E-state index contributed by atoms with van der Waals surface area (Å²) in [6, 6.07) is 6.74. The summed E-state index contributed by atoms with van der Waals surface area (Å²) in [5.41, 5.74) is 0. The van der Waals surface area contributed by atoms with Crippen molar-refractivity contribution in [2.24, 2.45) is 0 Å². The second kappa shape index (κ2) is 8.85. The molecule has 1 aliphatic heterocycles. The Morgan fingerprint density at radius 1 is 1.38 bits per heavy atom. The van der Waals surface area contributed by atoms with E-state index in [4.69, 9.17) is 4.74 Å². The molecule has 1 aliphatic rings. The lowest BCUT2D eigenvalue weighted by atomic mass is 10.1. The molecule has 21 heavy (non-hydrogen) atoms. The monoisotopic (exact) mass is 316 g/mol. The van der Waals surface area contributed by atoms with Gasteiger partial charge in [0, 0.05) is 19.1 Å². The van der Waals surface area contributed by atoms with Crippen LogP contribution in [0.1, 0.15) is 19.3 Å². The maximum absolute atomic E-state index is 13.3. The fourth-order valence-electron chi connectivity index (χ4n) is 2.39. The minimum absolute atomic E-state index is 0. The third-order valence-electron chi connectivity index (χ3n) is 3.67. The van der Waals surface area contributed by atoms with Crippen LogP contribution in [0.5, 0.6) is 5.75 Å². The number of rotatable bonds is 5. The largest absolute Gasteiger partial charge is 0.490 e. The predicted octanol–water partition coefficient (Wildman–Crippen LogP) is 2.23. The Labute approximate surface area is 131 Å². The second-order valence-corrected chi connectivity index (χ2v) is 4.97. The van der Waals surface area contributed by atoms with E-state index in [1.807, 2.05) is 11.9 Å². The van der Waals surface area contributed by atoms with Gasteiger partial charge in [0.2, 0.25) is 5.91 Å². The van der Waals surface area contributed by atoms with Crippen LogP contribution in [0.4, 0.5) is 4.39 Å². The lowest BCUT2D eigenvalue weighted by Crippen LogP contribution is -2.44. The molecule has 1 aromatic rings. The van der Waals surface area contributed by atoms with E-state index in [0.717, 1.165) is 25.9 Å². The number of carbonyl (C=O) groups excluding carboxylic acids is 1. The number of piperidine rings is 1. The summed E-state index contributed by atoms with van der Waals surface area (Å²) in [6.45, 7) is 1.78. The SMILES string of the molecule is CNC1CCN(C(=O)CCOc2ccccc2F)CC1.Cl. The highest BCUT2D eigenvalue weighted by Crippen LogP contribution is 2.16. The molecule has 6 heteroatoms. The van der Waals surface area contributed by atoms with Crippen LogP contribution in [0, 0.1) is 5.82 Å². The highest BCUT2D eigenvalue weighted by molar-refractivity contribution is 5.85. The molecule has 1 aromatic carbocycles. The molecule has 0 atom stereocenters. The number of nitrogens with one attached hydrogen (secondary N) is 1. The summed E-state index contributed by atoms with van der Waals surface area (Å²) in [4.78, 5) is 13.9. The zero-order valence-corrected chi connectivity index (χ0v) is 13.0. The van der Waals surface area contributed by atoms with E-state index in [1.54, 1.807) is 18.2 Å². The molecule has 1 amide bonds. The molecule has 2 rings (SSSR count). The number of nitrogens with zero attached hydrogens (tertiary/aromatic N) is 1. The van der Waals surface area contributed by atoms with Crippen molar-refractivity contribution in [3.63, 3.8) is 0 Å². The van der Waals surface area contributed by atoms with Gasteiger partial charge in [-0.15, -0.1) is 12.4 Å². The number of hydrogen-bond donors (Lipinski definition) is 1. The minimum atomic E-state index is -0.394. The van der Waals surface area contributed by atoms with Crippen LogP contribution >= 0.6 is 12.4 Å². The van der Waals surface area contributed by atoms with Crippen molar-refractivity contribution in [1.82, 2.24) is 10.2 Å². The van der Waals surface area contributed by atoms with Crippen LogP contribution in [0.25, 0.3) is 0 Å². The lowest BCUT2D eigenvalue weighted by Gasteiger charge is -2.31. The van der Waals surface area contributed by atoms with Gasteiger partial charge in [0.1, 0.15) is 0 Å². The van der Waals surface area contributed by atoms with E-state index >= 15 is 0 Å². The van der Waals surface area contributed by atoms with Gasteiger partial charge in [0.15, 0.2) is 11.6 Å². The zero-order chi connectivity index (χ0) is 14.4. The molecule has 0 unspecified atom stereocenters. The number of ether oxygens (including phenoxy) is 1. The highest BCUT2D eigenvalue weighted by atomic mass is 35.5. The summed E-state index contributed by atoms with van der Waals surface area (Å²) < 4.78 is 18.6. The summed E-state index contributed by atoms with van der Waals surface area (Å²) in [5, 5.41) is 3.23. The van der Waals surface area contributed by atoms with E-state index in [-0.39, 0.29) is 30.7 Å². The van der Waals surface area contributed by atoms with E-state index in [9.17, 15) is 9.18 Å². The number of hydrogen-bond acceptors (Lipinski definition) is 3. The van der Waals surface area contributed by atoms with Gasteiger partial charge < -0.3 is 15.0 Å². The molecule has 0 spiro atoms. The Bertz CT molecular complexity index is 451. The van der Waals surface area contributed by atoms with Crippen LogP contribution in [-0.4, -0.2) is 43.6 Å².